The largest absolute Gasteiger partial charge is 0.489 e. The highest BCUT2D eigenvalue weighted by molar-refractivity contribution is 6.31. The van der Waals surface area contributed by atoms with Crippen LogP contribution in [0.2, 0.25) is 5.02 Å². The van der Waals surface area contributed by atoms with Gasteiger partial charge in [-0.15, -0.1) is 0 Å². The summed E-state index contributed by atoms with van der Waals surface area (Å²) >= 11 is 6.28. The van der Waals surface area contributed by atoms with Crippen molar-refractivity contribution in [2.45, 2.75) is 6.61 Å². The van der Waals surface area contributed by atoms with Crippen molar-refractivity contribution >= 4 is 23.6 Å². The number of nitrogens with zero attached hydrogens (tertiary/aromatic N) is 4. The molecule has 0 bridgehead atoms. The van der Waals surface area contributed by atoms with Crippen molar-refractivity contribution in [3.8, 4) is 28.8 Å². The second-order valence-corrected chi connectivity index (χ2v) is 9.10. The van der Waals surface area contributed by atoms with E-state index in [-0.39, 0.29) is 11.5 Å². The number of para-hydroxylation sites is 1. The van der Waals surface area contributed by atoms with Crippen LogP contribution in [0.5, 0.6) is 5.75 Å². The highest BCUT2D eigenvalue weighted by Gasteiger charge is 2.22. The van der Waals surface area contributed by atoms with Crippen LogP contribution in [0, 0.1) is 11.3 Å². The van der Waals surface area contributed by atoms with Gasteiger partial charge >= 0.3 is 0 Å². The first kappa shape index (κ1) is 25.3. The SMILES string of the molecule is N#CC(=Cc1cn(-c2ccccc2)nc1-c1cccc(OCc2ccccc2Cl)c1)C(=O)N1CCOCC1. The maximum absolute atomic E-state index is 13.1. The first-order valence-corrected chi connectivity index (χ1v) is 12.6. The number of rotatable bonds is 7. The molecule has 4 aromatic rings. The van der Waals surface area contributed by atoms with Crippen molar-refractivity contribution in [3.63, 3.8) is 0 Å². The molecule has 1 aliphatic rings. The standard InChI is InChI=1S/C30H25ClN4O3/c31-28-12-5-4-7-23(28)21-38-27-11-6-8-22(18-27)29-25(20-35(33-29)26-9-2-1-3-10-26)17-24(19-32)30(36)34-13-15-37-16-14-34/h1-12,17-18,20H,13-16,21H2. The Labute approximate surface area is 226 Å². The van der Waals surface area contributed by atoms with Crippen molar-refractivity contribution in [2.75, 3.05) is 26.3 Å². The van der Waals surface area contributed by atoms with Gasteiger partial charge < -0.3 is 14.4 Å². The normalized spacial score (nSPS) is 13.7. The molecule has 0 N–H and O–H groups in total. The minimum atomic E-state index is -0.314. The Hall–Kier alpha value is -4.38. The molecule has 8 heteroatoms. The summed E-state index contributed by atoms with van der Waals surface area (Å²) in [5, 5.41) is 15.3. The van der Waals surface area contributed by atoms with Gasteiger partial charge in [0.25, 0.3) is 5.91 Å². The van der Waals surface area contributed by atoms with Gasteiger partial charge in [-0.2, -0.15) is 10.4 Å². The number of carbonyl (C=O) groups excluding carboxylic acids is 1. The summed E-state index contributed by atoms with van der Waals surface area (Å²) in [5.41, 5.74) is 3.86. The highest BCUT2D eigenvalue weighted by atomic mass is 35.5. The number of benzene rings is 3. The van der Waals surface area contributed by atoms with Crippen LogP contribution < -0.4 is 4.74 Å². The summed E-state index contributed by atoms with van der Waals surface area (Å²) in [6.07, 6.45) is 3.43. The van der Waals surface area contributed by atoms with E-state index in [4.69, 9.17) is 26.2 Å². The molecule has 1 aromatic heterocycles. The molecule has 190 valence electrons. The lowest BCUT2D eigenvalue weighted by Crippen LogP contribution is -2.41. The Morgan fingerprint density at radius 2 is 1.82 bits per heavy atom. The van der Waals surface area contributed by atoms with Crippen LogP contribution in [0.25, 0.3) is 23.0 Å². The summed E-state index contributed by atoms with van der Waals surface area (Å²) in [6.45, 7) is 2.16. The van der Waals surface area contributed by atoms with Crippen molar-refractivity contribution in [1.29, 1.82) is 5.26 Å². The third kappa shape index (κ3) is 5.78. The van der Waals surface area contributed by atoms with Gasteiger partial charge in [-0.1, -0.05) is 60.1 Å². The summed E-state index contributed by atoms with van der Waals surface area (Å²) in [7, 11) is 0. The number of carbonyl (C=O) groups is 1. The van der Waals surface area contributed by atoms with Gasteiger partial charge in [0.1, 0.15) is 29.7 Å². The first-order chi connectivity index (χ1) is 18.6. The van der Waals surface area contributed by atoms with E-state index in [0.717, 1.165) is 16.8 Å². The Morgan fingerprint density at radius 1 is 1.05 bits per heavy atom. The number of ether oxygens (including phenoxy) is 2. The van der Waals surface area contributed by atoms with Crippen LogP contribution >= 0.6 is 11.6 Å². The highest BCUT2D eigenvalue weighted by Crippen LogP contribution is 2.29. The molecule has 0 aliphatic carbocycles. The Bertz CT molecular complexity index is 1500. The predicted octanol–water partition coefficient (Wildman–Crippen LogP) is 5.54. The predicted molar refractivity (Wildman–Crippen MR) is 146 cm³/mol. The van der Waals surface area contributed by atoms with Gasteiger partial charge in [0.2, 0.25) is 0 Å². The number of amides is 1. The van der Waals surface area contributed by atoms with Crippen LogP contribution in [-0.2, 0) is 16.1 Å². The monoisotopic (exact) mass is 524 g/mol. The molecular weight excluding hydrogens is 500 g/mol. The number of aromatic nitrogens is 2. The van der Waals surface area contributed by atoms with E-state index in [1.807, 2.05) is 85.1 Å². The maximum Gasteiger partial charge on any atom is 0.264 e. The first-order valence-electron chi connectivity index (χ1n) is 12.2. The van der Waals surface area contributed by atoms with Crippen LogP contribution in [-0.4, -0.2) is 46.9 Å². The van der Waals surface area contributed by atoms with E-state index in [0.29, 0.717) is 54.9 Å². The van der Waals surface area contributed by atoms with E-state index in [9.17, 15) is 10.1 Å². The molecule has 0 saturated carbocycles. The van der Waals surface area contributed by atoms with Crippen molar-refractivity contribution in [3.05, 3.63) is 107 Å². The third-order valence-corrected chi connectivity index (χ3v) is 6.54. The fourth-order valence-electron chi connectivity index (χ4n) is 4.17. The molecule has 38 heavy (non-hydrogen) atoms. The lowest BCUT2D eigenvalue weighted by atomic mass is 10.1. The van der Waals surface area contributed by atoms with E-state index in [1.165, 1.54) is 0 Å². The van der Waals surface area contributed by atoms with E-state index in [2.05, 4.69) is 6.07 Å². The molecule has 1 fully saturated rings. The number of hydrogen-bond donors (Lipinski definition) is 0. The zero-order valence-corrected chi connectivity index (χ0v) is 21.3. The third-order valence-electron chi connectivity index (χ3n) is 6.17. The van der Waals surface area contributed by atoms with Crippen molar-refractivity contribution < 1.29 is 14.3 Å². The smallest absolute Gasteiger partial charge is 0.264 e. The minimum absolute atomic E-state index is 0.0480. The molecule has 1 aliphatic heterocycles. The average Bonchev–Trinajstić information content (AvgIpc) is 3.40. The molecular formula is C30H25ClN4O3. The van der Waals surface area contributed by atoms with Crippen molar-refractivity contribution in [2.24, 2.45) is 0 Å². The fraction of sp³-hybridized carbons (Fsp3) is 0.167. The van der Waals surface area contributed by atoms with Gasteiger partial charge in [0, 0.05) is 41.0 Å². The number of morpholine rings is 1. The Balaban J connectivity index is 1.50. The Kier molecular flexibility index (Phi) is 7.84. The molecule has 0 atom stereocenters. The fourth-order valence-corrected chi connectivity index (χ4v) is 4.36. The molecule has 5 rings (SSSR count). The minimum Gasteiger partial charge on any atom is -0.489 e. The van der Waals surface area contributed by atoms with Crippen molar-refractivity contribution in [1.82, 2.24) is 14.7 Å². The van der Waals surface area contributed by atoms with Gasteiger partial charge in [-0.3, -0.25) is 4.79 Å². The topological polar surface area (TPSA) is 80.4 Å². The lowest BCUT2D eigenvalue weighted by Gasteiger charge is -2.26. The quantitative estimate of drug-likeness (QED) is 0.234. The second-order valence-electron chi connectivity index (χ2n) is 8.70. The molecule has 0 radical (unpaired) electrons. The second kappa shape index (κ2) is 11.8. The molecule has 3 aromatic carbocycles. The molecule has 0 unspecified atom stereocenters. The van der Waals surface area contributed by atoms with Crippen LogP contribution in [0.15, 0.2) is 90.6 Å². The van der Waals surface area contributed by atoms with Crippen LogP contribution in [0.3, 0.4) is 0 Å². The maximum atomic E-state index is 13.1. The summed E-state index contributed by atoms with van der Waals surface area (Å²) in [4.78, 5) is 14.7. The molecule has 2 heterocycles. The van der Waals surface area contributed by atoms with Gasteiger partial charge in [0.05, 0.1) is 18.9 Å². The number of hydrogen-bond acceptors (Lipinski definition) is 5. The van der Waals surface area contributed by atoms with E-state index < -0.39 is 0 Å². The van der Waals surface area contributed by atoms with E-state index >= 15 is 0 Å². The zero-order valence-electron chi connectivity index (χ0n) is 20.6. The molecule has 1 amide bonds. The molecule has 7 nitrogen and oxygen atoms in total. The average molecular weight is 525 g/mol. The zero-order chi connectivity index (χ0) is 26.3. The van der Waals surface area contributed by atoms with E-state index in [1.54, 1.807) is 15.7 Å². The van der Waals surface area contributed by atoms with Crippen LogP contribution in [0.1, 0.15) is 11.1 Å². The van der Waals surface area contributed by atoms with Crippen LogP contribution in [0.4, 0.5) is 0 Å². The summed E-state index contributed by atoms with van der Waals surface area (Å²) in [6, 6.07) is 26.9. The molecule has 0 spiro atoms. The summed E-state index contributed by atoms with van der Waals surface area (Å²) < 4.78 is 13.1. The lowest BCUT2D eigenvalue weighted by molar-refractivity contribution is -0.130. The van der Waals surface area contributed by atoms with Gasteiger partial charge in [0.15, 0.2) is 0 Å². The molecule has 1 saturated heterocycles. The summed E-state index contributed by atoms with van der Waals surface area (Å²) in [5.74, 6) is 0.336. The number of nitriles is 1. The van der Waals surface area contributed by atoms with Gasteiger partial charge in [-0.25, -0.2) is 4.68 Å². The Morgan fingerprint density at radius 3 is 2.58 bits per heavy atom. The van der Waals surface area contributed by atoms with Gasteiger partial charge in [-0.05, 0) is 36.4 Å². The number of halogens is 1.